The molecule has 0 saturated heterocycles. The van der Waals surface area contributed by atoms with Gasteiger partial charge in [0.1, 0.15) is 0 Å². The molecule has 2 amide bonds. The highest BCUT2D eigenvalue weighted by atomic mass is 16.2. The SMILES string of the molecule is NCCCCNC(=O)CNC(=O)CC1CCCCC1. The Labute approximate surface area is 115 Å². The number of hydrogen-bond donors (Lipinski definition) is 3. The highest BCUT2D eigenvalue weighted by molar-refractivity contribution is 5.84. The molecular formula is C14H27N3O2. The van der Waals surface area contributed by atoms with Gasteiger partial charge in [0.15, 0.2) is 0 Å². The van der Waals surface area contributed by atoms with Gasteiger partial charge in [-0.1, -0.05) is 19.3 Å². The Morgan fingerprint density at radius 3 is 2.42 bits per heavy atom. The molecule has 0 atom stereocenters. The Kier molecular flexibility index (Phi) is 8.21. The Balaban J connectivity index is 2.03. The molecule has 0 heterocycles. The van der Waals surface area contributed by atoms with Crippen LogP contribution in [0.25, 0.3) is 0 Å². The molecular weight excluding hydrogens is 242 g/mol. The minimum absolute atomic E-state index is 0.00371. The molecule has 0 aromatic heterocycles. The molecule has 0 aliphatic heterocycles. The average molecular weight is 269 g/mol. The Morgan fingerprint density at radius 1 is 1.00 bits per heavy atom. The predicted octanol–water partition coefficient (Wildman–Crippen LogP) is 0.928. The molecule has 5 nitrogen and oxygen atoms in total. The van der Waals surface area contributed by atoms with Crippen molar-refractivity contribution < 1.29 is 9.59 Å². The van der Waals surface area contributed by atoms with E-state index in [1.54, 1.807) is 0 Å². The van der Waals surface area contributed by atoms with E-state index in [4.69, 9.17) is 5.73 Å². The number of carbonyl (C=O) groups is 2. The fourth-order valence-electron chi connectivity index (χ4n) is 2.46. The van der Waals surface area contributed by atoms with Crippen LogP contribution in [-0.2, 0) is 9.59 Å². The summed E-state index contributed by atoms with van der Waals surface area (Å²) >= 11 is 0. The van der Waals surface area contributed by atoms with Gasteiger partial charge in [0.2, 0.25) is 11.8 Å². The molecule has 0 aromatic carbocycles. The normalized spacial score (nSPS) is 16.1. The summed E-state index contributed by atoms with van der Waals surface area (Å²) in [5.41, 5.74) is 5.36. The van der Waals surface area contributed by atoms with Crippen molar-refractivity contribution in [3.63, 3.8) is 0 Å². The Hall–Kier alpha value is -1.10. The number of nitrogens with two attached hydrogens (primary N) is 1. The molecule has 110 valence electrons. The fourth-order valence-corrected chi connectivity index (χ4v) is 2.46. The first-order chi connectivity index (χ1) is 9.22. The van der Waals surface area contributed by atoms with Gasteiger partial charge in [0, 0.05) is 13.0 Å². The van der Waals surface area contributed by atoms with Gasteiger partial charge in [-0.25, -0.2) is 0 Å². The van der Waals surface area contributed by atoms with Crippen LogP contribution in [0.3, 0.4) is 0 Å². The molecule has 1 aliphatic carbocycles. The molecule has 0 bridgehead atoms. The summed E-state index contributed by atoms with van der Waals surface area (Å²) in [7, 11) is 0. The summed E-state index contributed by atoms with van der Waals surface area (Å²) in [6.45, 7) is 1.37. The number of rotatable bonds is 8. The van der Waals surface area contributed by atoms with Gasteiger partial charge in [0.05, 0.1) is 6.54 Å². The van der Waals surface area contributed by atoms with Gasteiger partial charge in [-0.05, 0) is 38.1 Å². The number of nitrogens with one attached hydrogen (secondary N) is 2. The average Bonchev–Trinajstić information content (AvgIpc) is 2.42. The zero-order chi connectivity index (χ0) is 13.9. The third-order valence-corrected chi connectivity index (χ3v) is 3.60. The van der Waals surface area contributed by atoms with Crippen LogP contribution < -0.4 is 16.4 Å². The topological polar surface area (TPSA) is 84.2 Å². The van der Waals surface area contributed by atoms with E-state index in [1.807, 2.05) is 0 Å². The minimum Gasteiger partial charge on any atom is -0.355 e. The summed E-state index contributed by atoms with van der Waals surface area (Å²) < 4.78 is 0. The summed E-state index contributed by atoms with van der Waals surface area (Å²) in [5.74, 6) is 0.402. The summed E-state index contributed by atoms with van der Waals surface area (Å²) in [6, 6.07) is 0. The Bertz CT molecular complexity index is 276. The van der Waals surface area contributed by atoms with Gasteiger partial charge in [-0.15, -0.1) is 0 Å². The maximum absolute atomic E-state index is 11.7. The first-order valence-corrected chi connectivity index (χ1v) is 7.46. The zero-order valence-corrected chi connectivity index (χ0v) is 11.7. The molecule has 1 rings (SSSR count). The largest absolute Gasteiger partial charge is 0.355 e. The van der Waals surface area contributed by atoms with Gasteiger partial charge in [-0.3, -0.25) is 9.59 Å². The third-order valence-electron chi connectivity index (χ3n) is 3.60. The molecule has 1 saturated carbocycles. The molecule has 1 aliphatic rings. The van der Waals surface area contributed by atoms with E-state index in [0.29, 0.717) is 25.4 Å². The van der Waals surface area contributed by atoms with Crippen LogP contribution in [0.4, 0.5) is 0 Å². The second-order valence-electron chi connectivity index (χ2n) is 5.33. The van der Waals surface area contributed by atoms with Gasteiger partial charge < -0.3 is 16.4 Å². The third kappa shape index (κ3) is 7.82. The van der Waals surface area contributed by atoms with Crippen molar-refractivity contribution in [2.45, 2.75) is 51.4 Å². The lowest BCUT2D eigenvalue weighted by atomic mass is 9.87. The number of unbranched alkanes of at least 4 members (excludes halogenated alkanes) is 1. The van der Waals surface area contributed by atoms with Crippen LogP contribution in [0.15, 0.2) is 0 Å². The highest BCUT2D eigenvalue weighted by Gasteiger charge is 2.17. The molecule has 19 heavy (non-hydrogen) atoms. The maximum atomic E-state index is 11.7. The first-order valence-electron chi connectivity index (χ1n) is 7.46. The summed E-state index contributed by atoms with van der Waals surface area (Å²) in [6.07, 6.45) is 8.44. The minimum atomic E-state index is -0.117. The standard InChI is InChI=1S/C14H27N3O2/c15-8-4-5-9-16-14(19)11-17-13(18)10-12-6-2-1-3-7-12/h12H,1-11,15H2,(H,16,19)(H,17,18). The van der Waals surface area contributed by atoms with E-state index < -0.39 is 0 Å². The molecule has 5 heteroatoms. The monoisotopic (exact) mass is 269 g/mol. The molecule has 1 fully saturated rings. The van der Waals surface area contributed by atoms with Crippen molar-refractivity contribution in [1.82, 2.24) is 10.6 Å². The van der Waals surface area contributed by atoms with E-state index in [-0.39, 0.29) is 18.4 Å². The predicted molar refractivity (Wildman–Crippen MR) is 75.5 cm³/mol. The second-order valence-corrected chi connectivity index (χ2v) is 5.33. The molecule has 0 aromatic rings. The first kappa shape index (κ1) is 16.0. The van der Waals surface area contributed by atoms with Crippen LogP contribution in [-0.4, -0.2) is 31.4 Å². The second kappa shape index (κ2) is 9.78. The number of hydrogen-bond acceptors (Lipinski definition) is 3. The number of carbonyl (C=O) groups excluding carboxylic acids is 2. The number of amides is 2. The van der Waals surface area contributed by atoms with Crippen molar-refractivity contribution in [2.75, 3.05) is 19.6 Å². The lowest BCUT2D eigenvalue weighted by Crippen LogP contribution is -2.38. The van der Waals surface area contributed by atoms with E-state index in [1.165, 1.54) is 19.3 Å². The highest BCUT2D eigenvalue weighted by Crippen LogP contribution is 2.25. The van der Waals surface area contributed by atoms with Crippen LogP contribution in [0.1, 0.15) is 51.4 Å². The maximum Gasteiger partial charge on any atom is 0.239 e. The van der Waals surface area contributed by atoms with Gasteiger partial charge in [-0.2, -0.15) is 0 Å². The molecule has 0 unspecified atom stereocenters. The lowest BCUT2D eigenvalue weighted by molar-refractivity contribution is -0.126. The molecule has 4 N–H and O–H groups in total. The van der Waals surface area contributed by atoms with E-state index >= 15 is 0 Å². The van der Waals surface area contributed by atoms with Gasteiger partial charge >= 0.3 is 0 Å². The van der Waals surface area contributed by atoms with Crippen molar-refractivity contribution >= 4 is 11.8 Å². The molecule has 0 spiro atoms. The van der Waals surface area contributed by atoms with E-state index in [0.717, 1.165) is 25.7 Å². The van der Waals surface area contributed by atoms with E-state index in [2.05, 4.69) is 10.6 Å². The summed E-state index contributed by atoms with van der Waals surface area (Å²) in [4.78, 5) is 23.1. The van der Waals surface area contributed by atoms with Crippen LogP contribution in [0.2, 0.25) is 0 Å². The van der Waals surface area contributed by atoms with Crippen LogP contribution in [0.5, 0.6) is 0 Å². The molecule has 0 radical (unpaired) electrons. The fraction of sp³-hybridized carbons (Fsp3) is 0.857. The smallest absolute Gasteiger partial charge is 0.239 e. The zero-order valence-electron chi connectivity index (χ0n) is 11.7. The summed E-state index contributed by atoms with van der Waals surface area (Å²) in [5, 5.41) is 5.46. The Morgan fingerprint density at radius 2 is 1.74 bits per heavy atom. The quantitative estimate of drug-likeness (QED) is 0.573. The lowest BCUT2D eigenvalue weighted by Gasteiger charge is -2.20. The van der Waals surface area contributed by atoms with Crippen molar-refractivity contribution in [3.8, 4) is 0 Å². The van der Waals surface area contributed by atoms with Crippen molar-refractivity contribution in [2.24, 2.45) is 11.7 Å². The van der Waals surface area contributed by atoms with Crippen molar-refractivity contribution in [3.05, 3.63) is 0 Å². The van der Waals surface area contributed by atoms with Crippen molar-refractivity contribution in [1.29, 1.82) is 0 Å². The van der Waals surface area contributed by atoms with Crippen LogP contribution >= 0.6 is 0 Å². The van der Waals surface area contributed by atoms with E-state index in [9.17, 15) is 9.59 Å². The van der Waals surface area contributed by atoms with Gasteiger partial charge in [0.25, 0.3) is 0 Å². The van der Waals surface area contributed by atoms with Crippen LogP contribution in [0, 0.1) is 5.92 Å².